The number of likely N-dealkylation sites (tertiary alicyclic amines) is 1. The van der Waals surface area contributed by atoms with Crippen molar-refractivity contribution >= 4 is 5.95 Å². The van der Waals surface area contributed by atoms with Crippen molar-refractivity contribution in [3.63, 3.8) is 0 Å². The van der Waals surface area contributed by atoms with Crippen LogP contribution in [-0.2, 0) is 7.05 Å². The van der Waals surface area contributed by atoms with Gasteiger partial charge in [0.2, 0.25) is 11.8 Å². The van der Waals surface area contributed by atoms with Gasteiger partial charge in [0.25, 0.3) is 0 Å². The zero-order chi connectivity index (χ0) is 17.0. The highest BCUT2D eigenvalue weighted by Crippen LogP contribution is 2.40. The van der Waals surface area contributed by atoms with Gasteiger partial charge in [-0.2, -0.15) is 4.98 Å². The second-order valence-corrected chi connectivity index (χ2v) is 7.66. The lowest BCUT2D eigenvalue weighted by Crippen LogP contribution is -2.46. The summed E-state index contributed by atoms with van der Waals surface area (Å²) < 4.78 is 7.33. The summed E-state index contributed by atoms with van der Waals surface area (Å²) in [5, 5.41) is 16.2. The molecule has 9 nitrogen and oxygen atoms in total. The standard InChI is InChI=1S/C16H24N8O/c1-10(15-17-14(19-25-15)11-5-6-11)23-8-12-4-3-7-24(13(12)9-23)16-18-20-21-22(16)2/h10-13H,3-9H2,1-2H3/t10-,12+,13-/m1/s1. The first-order chi connectivity index (χ1) is 12.2. The first kappa shape index (κ1) is 15.2. The van der Waals surface area contributed by atoms with Crippen LogP contribution in [0.15, 0.2) is 4.52 Å². The Morgan fingerprint density at radius 2 is 2.08 bits per heavy atom. The summed E-state index contributed by atoms with van der Waals surface area (Å²) in [6, 6.07) is 0.608. The van der Waals surface area contributed by atoms with Gasteiger partial charge in [0.05, 0.1) is 6.04 Å². The van der Waals surface area contributed by atoms with Gasteiger partial charge in [-0.1, -0.05) is 10.3 Å². The fourth-order valence-corrected chi connectivity index (χ4v) is 4.33. The monoisotopic (exact) mass is 344 g/mol. The van der Waals surface area contributed by atoms with Crippen molar-refractivity contribution in [2.45, 2.75) is 50.6 Å². The summed E-state index contributed by atoms with van der Waals surface area (Å²) in [7, 11) is 1.91. The molecular weight excluding hydrogens is 320 g/mol. The Kier molecular flexibility index (Phi) is 3.51. The lowest BCUT2D eigenvalue weighted by Gasteiger charge is -2.36. The molecule has 4 heterocycles. The summed E-state index contributed by atoms with van der Waals surface area (Å²) in [5.74, 6) is 3.69. The third-order valence-corrected chi connectivity index (χ3v) is 5.97. The Labute approximate surface area is 146 Å². The van der Waals surface area contributed by atoms with E-state index < -0.39 is 0 Å². The van der Waals surface area contributed by atoms with E-state index in [1.807, 2.05) is 7.05 Å². The summed E-state index contributed by atoms with van der Waals surface area (Å²) in [6.07, 6.45) is 4.83. The second-order valence-electron chi connectivity index (χ2n) is 7.66. The number of rotatable bonds is 4. The molecule has 1 aliphatic carbocycles. The fourth-order valence-electron chi connectivity index (χ4n) is 4.33. The molecule has 3 atom stereocenters. The number of aromatic nitrogens is 6. The van der Waals surface area contributed by atoms with Crippen molar-refractivity contribution in [1.29, 1.82) is 0 Å². The van der Waals surface area contributed by atoms with Gasteiger partial charge in [-0.3, -0.25) is 4.90 Å². The third kappa shape index (κ3) is 2.61. The van der Waals surface area contributed by atoms with Crippen LogP contribution in [0.4, 0.5) is 5.95 Å². The molecule has 3 aliphatic rings. The van der Waals surface area contributed by atoms with Gasteiger partial charge in [0.15, 0.2) is 5.82 Å². The lowest BCUT2D eigenvalue weighted by molar-refractivity contribution is 0.201. The van der Waals surface area contributed by atoms with E-state index in [9.17, 15) is 0 Å². The van der Waals surface area contributed by atoms with Crippen LogP contribution in [0.25, 0.3) is 0 Å². The van der Waals surface area contributed by atoms with Crippen molar-refractivity contribution in [1.82, 2.24) is 35.2 Å². The minimum atomic E-state index is 0.157. The molecular formula is C16H24N8O. The minimum Gasteiger partial charge on any atom is -0.338 e. The third-order valence-electron chi connectivity index (χ3n) is 5.97. The van der Waals surface area contributed by atoms with Gasteiger partial charge in [-0.15, -0.1) is 0 Å². The van der Waals surface area contributed by atoms with Gasteiger partial charge in [0.1, 0.15) is 0 Å². The van der Waals surface area contributed by atoms with E-state index in [1.54, 1.807) is 4.68 Å². The molecule has 2 aromatic rings. The smallest absolute Gasteiger partial charge is 0.245 e. The molecule has 1 saturated carbocycles. The van der Waals surface area contributed by atoms with Gasteiger partial charge in [-0.25, -0.2) is 4.68 Å². The number of hydrogen-bond acceptors (Lipinski definition) is 8. The van der Waals surface area contributed by atoms with Crippen LogP contribution in [0, 0.1) is 5.92 Å². The molecule has 9 heteroatoms. The molecule has 2 aromatic heterocycles. The van der Waals surface area contributed by atoms with Gasteiger partial charge >= 0.3 is 0 Å². The maximum Gasteiger partial charge on any atom is 0.245 e. The molecule has 0 unspecified atom stereocenters. The summed E-state index contributed by atoms with van der Waals surface area (Å²) >= 11 is 0. The zero-order valence-electron chi connectivity index (χ0n) is 14.7. The molecule has 5 rings (SSSR count). The largest absolute Gasteiger partial charge is 0.338 e. The van der Waals surface area contributed by atoms with Crippen molar-refractivity contribution in [2.24, 2.45) is 13.0 Å². The molecule has 134 valence electrons. The van der Waals surface area contributed by atoms with E-state index in [1.165, 1.54) is 25.7 Å². The molecule has 0 aromatic carbocycles. The Hall–Kier alpha value is -2.03. The van der Waals surface area contributed by atoms with E-state index >= 15 is 0 Å². The topological polar surface area (TPSA) is 89.0 Å². The number of hydrogen-bond donors (Lipinski definition) is 0. The molecule has 2 aliphatic heterocycles. The number of nitrogens with zero attached hydrogens (tertiary/aromatic N) is 8. The van der Waals surface area contributed by atoms with Crippen LogP contribution in [0.5, 0.6) is 0 Å². The van der Waals surface area contributed by atoms with Crippen LogP contribution in [-0.4, -0.2) is 60.9 Å². The van der Waals surface area contributed by atoms with Crippen LogP contribution in [0.3, 0.4) is 0 Å². The molecule has 0 N–H and O–H groups in total. The van der Waals surface area contributed by atoms with Crippen molar-refractivity contribution < 1.29 is 4.52 Å². The van der Waals surface area contributed by atoms with Gasteiger partial charge < -0.3 is 9.42 Å². The highest BCUT2D eigenvalue weighted by atomic mass is 16.5. The molecule has 0 radical (unpaired) electrons. The minimum absolute atomic E-state index is 0.157. The Balaban J connectivity index is 1.34. The van der Waals surface area contributed by atoms with E-state index in [4.69, 9.17) is 4.52 Å². The highest BCUT2D eigenvalue weighted by Gasteiger charge is 2.43. The van der Waals surface area contributed by atoms with E-state index in [0.29, 0.717) is 17.9 Å². The zero-order valence-corrected chi connectivity index (χ0v) is 14.7. The number of tetrazole rings is 1. The maximum atomic E-state index is 5.56. The quantitative estimate of drug-likeness (QED) is 0.815. The maximum absolute atomic E-state index is 5.56. The summed E-state index contributed by atoms with van der Waals surface area (Å²) in [4.78, 5) is 9.50. The van der Waals surface area contributed by atoms with Gasteiger partial charge in [-0.05, 0) is 49.0 Å². The second kappa shape index (κ2) is 5.76. The number of aryl methyl sites for hydroxylation is 1. The first-order valence-corrected chi connectivity index (χ1v) is 9.27. The number of fused-ring (bicyclic) bond motifs is 1. The normalized spacial score (nSPS) is 28.3. The molecule has 2 saturated heterocycles. The predicted molar refractivity (Wildman–Crippen MR) is 88.9 cm³/mol. The average Bonchev–Trinajstić information content (AvgIpc) is 3.03. The van der Waals surface area contributed by atoms with Gasteiger partial charge in [0, 0.05) is 38.6 Å². The molecule has 3 fully saturated rings. The van der Waals surface area contributed by atoms with Crippen molar-refractivity contribution in [3.8, 4) is 0 Å². The number of piperidine rings is 1. The van der Waals surface area contributed by atoms with Crippen LogP contribution < -0.4 is 4.90 Å². The van der Waals surface area contributed by atoms with Crippen LogP contribution in [0.1, 0.15) is 56.3 Å². The Morgan fingerprint density at radius 3 is 2.84 bits per heavy atom. The van der Waals surface area contributed by atoms with E-state index in [2.05, 4.69) is 42.4 Å². The fraction of sp³-hybridized carbons (Fsp3) is 0.812. The molecule has 0 amide bonds. The predicted octanol–water partition coefficient (Wildman–Crippen LogP) is 1.13. The van der Waals surface area contributed by atoms with Crippen molar-refractivity contribution in [2.75, 3.05) is 24.5 Å². The lowest BCUT2D eigenvalue weighted by atomic mass is 9.92. The molecule has 25 heavy (non-hydrogen) atoms. The summed E-state index contributed by atoms with van der Waals surface area (Å²) in [5.41, 5.74) is 0. The van der Waals surface area contributed by atoms with Crippen LogP contribution >= 0.6 is 0 Å². The molecule has 0 spiro atoms. The SMILES string of the molecule is C[C@H](c1nc(C2CC2)no1)N1C[C@@H]2CCCN(c3nnnn3C)[C@@H]2C1. The van der Waals surface area contributed by atoms with Crippen LogP contribution in [0.2, 0.25) is 0 Å². The average molecular weight is 344 g/mol. The van der Waals surface area contributed by atoms with Crippen molar-refractivity contribution in [3.05, 3.63) is 11.7 Å². The molecule has 0 bridgehead atoms. The van der Waals surface area contributed by atoms with E-state index in [-0.39, 0.29) is 6.04 Å². The summed E-state index contributed by atoms with van der Waals surface area (Å²) in [6.45, 7) is 5.24. The number of anilines is 1. The Morgan fingerprint density at radius 1 is 1.20 bits per heavy atom. The highest BCUT2D eigenvalue weighted by molar-refractivity contribution is 5.33. The first-order valence-electron chi connectivity index (χ1n) is 9.27. The van der Waals surface area contributed by atoms with E-state index in [0.717, 1.165) is 37.3 Å². The Bertz CT molecular complexity index is 753.